The van der Waals surface area contributed by atoms with E-state index in [1.807, 2.05) is 30.3 Å². The summed E-state index contributed by atoms with van der Waals surface area (Å²) in [6.07, 6.45) is 0.806. The van der Waals surface area contributed by atoms with E-state index in [-0.39, 0.29) is 18.8 Å². The number of hydrogen-bond acceptors (Lipinski definition) is 4. The normalized spacial score (nSPS) is 31.2. The second-order valence-corrected chi connectivity index (χ2v) is 5.27. The van der Waals surface area contributed by atoms with Gasteiger partial charge in [0.05, 0.1) is 24.0 Å². The molecule has 4 atom stereocenters. The SMILES string of the molecule is O=C(O)[C@@H]1[C@H](C(=O)OCc2ccccc2)[C@H]2CC[C@@H]1O2. The Morgan fingerprint density at radius 2 is 1.80 bits per heavy atom. The summed E-state index contributed by atoms with van der Waals surface area (Å²) in [5.41, 5.74) is 0.886. The van der Waals surface area contributed by atoms with Gasteiger partial charge < -0.3 is 14.6 Å². The molecule has 5 nitrogen and oxygen atoms in total. The fraction of sp³-hybridized carbons (Fsp3) is 0.467. The molecule has 2 heterocycles. The van der Waals surface area contributed by atoms with Crippen molar-refractivity contribution in [3.8, 4) is 0 Å². The van der Waals surface area contributed by atoms with Crippen LogP contribution in [0.4, 0.5) is 0 Å². The number of carbonyl (C=O) groups excluding carboxylic acids is 1. The lowest BCUT2D eigenvalue weighted by Gasteiger charge is -2.23. The van der Waals surface area contributed by atoms with Gasteiger partial charge in [0.1, 0.15) is 6.61 Å². The molecular formula is C15H16O5. The first-order valence-electron chi connectivity index (χ1n) is 6.75. The molecule has 2 fully saturated rings. The highest BCUT2D eigenvalue weighted by atomic mass is 16.5. The van der Waals surface area contributed by atoms with Crippen LogP contribution in [-0.2, 0) is 25.7 Å². The van der Waals surface area contributed by atoms with Crippen molar-refractivity contribution in [2.24, 2.45) is 11.8 Å². The molecule has 0 aromatic heterocycles. The number of carbonyl (C=O) groups is 2. The summed E-state index contributed by atoms with van der Waals surface area (Å²) in [6, 6.07) is 9.34. The minimum atomic E-state index is -0.973. The molecule has 106 valence electrons. The second-order valence-electron chi connectivity index (χ2n) is 5.27. The van der Waals surface area contributed by atoms with Crippen molar-refractivity contribution < 1.29 is 24.2 Å². The molecule has 2 aliphatic rings. The monoisotopic (exact) mass is 276 g/mol. The van der Waals surface area contributed by atoms with Gasteiger partial charge in [0.2, 0.25) is 0 Å². The maximum absolute atomic E-state index is 12.2. The number of rotatable bonds is 4. The molecule has 1 aromatic carbocycles. The molecule has 1 N–H and O–H groups in total. The number of esters is 1. The van der Waals surface area contributed by atoms with Crippen LogP contribution in [0.1, 0.15) is 18.4 Å². The van der Waals surface area contributed by atoms with Crippen molar-refractivity contribution in [1.82, 2.24) is 0 Å². The van der Waals surface area contributed by atoms with Crippen LogP contribution >= 0.6 is 0 Å². The topological polar surface area (TPSA) is 72.8 Å². The van der Waals surface area contributed by atoms with Crippen molar-refractivity contribution >= 4 is 11.9 Å². The van der Waals surface area contributed by atoms with Crippen molar-refractivity contribution in [1.29, 1.82) is 0 Å². The lowest BCUT2D eigenvalue weighted by atomic mass is 9.79. The minimum Gasteiger partial charge on any atom is -0.481 e. The molecular weight excluding hydrogens is 260 g/mol. The van der Waals surface area contributed by atoms with Crippen LogP contribution in [0.25, 0.3) is 0 Å². The molecule has 3 rings (SSSR count). The zero-order chi connectivity index (χ0) is 14.1. The van der Waals surface area contributed by atoms with E-state index in [9.17, 15) is 14.7 Å². The van der Waals surface area contributed by atoms with Crippen LogP contribution in [0.5, 0.6) is 0 Å². The highest BCUT2D eigenvalue weighted by molar-refractivity contribution is 5.83. The zero-order valence-electron chi connectivity index (χ0n) is 10.9. The Balaban J connectivity index is 1.66. The van der Waals surface area contributed by atoms with Gasteiger partial charge >= 0.3 is 11.9 Å². The maximum Gasteiger partial charge on any atom is 0.312 e. The third-order valence-corrected chi connectivity index (χ3v) is 4.05. The van der Waals surface area contributed by atoms with Gasteiger partial charge in [-0.05, 0) is 18.4 Å². The van der Waals surface area contributed by atoms with E-state index in [0.717, 1.165) is 12.0 Å². The maximum atomic E-state index is 12.2. The highest BCUT2D eigenvalue weighted by Gasteiger charge is 2.56. The summed E-state index contributed by atoms with van der Waals surface area (Å²) in [4.78, 5) is 23.5. The Morgan fingerprint density at radius 1 is 1.15 bits per heavy atom. The number of aliphatic carboxylic acids is 1. The van der Waals surface area contributed by atoms with Crippen LogP contribution in [0.2, 0.25) is 0 Å². The summed E-state index contributed by atoms with van der Waals surface area (Å²) in [5.74, 6) is -2.88. The largest absolute Gasteiger partial charge is 0.481 e. The van der Waals surface area contributed by atoms with Gasteiger partial charge in [0, 0.05) is 0 Å². The van der Waals surface area contributed by atoms with Crippen molar-refractivity contribution in [2.45, 2.75) is 31.7 Å². The van der Waals surface area contributed by atoms with Crippen LogP contribution < -0.4 is 0 Å². The predicted octanol–water partition coefficient (Wildman–Crippen LogP) is 1.61. The number of hydrogen-bond donors (Lipinski definition) is 1. The van der Waals surface area contributed by atoms with Gasteiger partial charge in [-0.2, -0.15) is 0 Å². The predicted molar refractivity (Wildman–Crippen MR) is 68.7 cm³/mol. The third-order valence-electron chi connectivity index (χ3n) is 4.05. The number of carboxylic acids is 1. The highest BCUT2D eigenvalue weighted by Crippen LogP contribution is 2.44. The first kappa shape index (κ1) is 13.1. The summed E-state index contributed by atoms with van der Waals surface area (Å²) >= 11 is 0. The van der Waals surface area contributed by atoms with Gasteiger partial charge in [-0.25, -0.2) is 0 Å². The number of fused-ring (bicyclic) bond motifs is 2. The van der Waals surface area contributed by atoms with E-state index >= 15 is 0 Å². The van der Waals surface area contributed by atoms with E-state index in [0.29, 0.717) is 6.42 Å². The molecule has 0 amide bonds. The van der Waals surface area contributed by atoms with E-state index < -0.39 is 23.8 Å². The standard InChI is InChI=1S/C15H16O5/c16-14(17)12-10-6-7-11(20-10)13(12)15(18)19-8-9-4-2-1-3-5-9/h1-5,10-13H,6-8H2,(H,16,17)/t10-,11+,12-,13+/m0/s1. The van der Waals surface area contributed by atoms with Crippen LogP contribution in [0.15, 0.2) is 30.3 Å². The van der Waals surface area contributed by atoms with E-state index in [4.69, 9.17) is 9.47 Å². The second kappa shape index (κ2) is 5.25. The van der Waals surface area contributed by atoms with Crippen molar-refractivity contribution in [2.75, 3.05) is 0 Å². The molecule has 5 heteroatoms. The molecule has 0 aliphatic carbocycles. The zero-order valence-corrected chi connectivity index (χ0v) is 10.9. The minimum absolute atomic E-state index is 0.167. The van der Waals surface area contributed by atoms with E-state index in [2.05, 4.69) is 0 Å². The van der Waals surface area contributed by atoms with Gasteiger partial charge in [0.25, 0.3) is 0 Å². The molecule has 1 aromatic rings. The molecule has 2 saturated heterocycles. The molecule has 0 spiro atoms. The van der Waals surface area contributed by atoms with Crippen LogP contribution in [0.3, 0.4) is 0 Å². The van der Waals surface area contributed by atoms with E-state index in [1.165, 1.54) is 0 Å². The smallest absolute Gasteiger partial charge is 0.312 e. The van der Waals surface area contributed by atoms with Gasteiger partial charge in [0.15, 0.2) is 0 Å². The van der Waals surface area contributed by atoms with E-state index in [1.54, 1.807) is 0 Å². The van der Waals surface area contributed by atoms with Crippen LogP contribution in [0, 0.1) is 11.8 Å². The van der Waals surface area contributed by atoms with Gasteiger partial charge in [-0.3, -0.25) is 9.59 Å². The lowest BCUT2D eigenvalue weighted by Crippen LogP contribution is -2.39. The summed E-state index contributed by atoms with van der Waals surface area (Å²) < 4.78 is 10.8. The fourth-order valence-electron chi connectivity index (χ4n) is 3.12. The van der Waals surface area contributed by atoms with Crippen molar-refractivity contribution in [3.05, 3.63) is 35.9 Å². The number of carboxylic acid groups (broad SMARTS) is 1. The number of ether oxygens (including phenoxy) is 2. The molecule has 20 heavy (non-hydrogen) atoms. The average molecular weight is 276 g/mol. The number of benzene rings is 1. The molecule has 0 unspecified atom stereocenters. The molecule has 2 aliphatic heterocycles. The van der Waals surface area contributed by atoms with Gasteiger partial charge in [-0.15, -0.1) is 0 Å². The van der Waals surface area contributed by atoms with Crippen molar-refractivity contribution in [3.63, 3.8) is 0 Å². The summed E-state index contributed by atoms with van der Waals surface area (Å²) in [7, 11) is 0. The Hall–Kier alpha value is -1.88. The fourth-order valence-corrected chi connectivity index (χ4v) is 3.12. The molecule has 0 radical (unpaired) electrons. The molecule has 0 saturated carbocycles. The first-order chi connectivity index (χ1) is 9.66. The first-order valence-corrected chi connectivity index (χ1v) is 6.75. The Morgan fingerprint density at radius 3 is 2.45 bits per heavy atom. The molecule has 2 bridgehead atoms. The Labute approximate surface area is 116 Å². The summed E-state index contributed by atoms with van der Waals surface area (Å²) in [5, 5.41) is 9.25. The lowest BCUT2D eigenvalue weighted by molar-refractivity contribution is -0.159. The quantitative estimate of drug-likeness (QED) is 0.846. The third kappa shape index (κ3) is 2.29. The Kier molecular flexibility index (Phi) is 3.44. The van der Waals surface area contributed by atoms with Gasteiger partial charge in [-0.1, -0.05) is 30.3 Å². The average Bonchev–Trinajstić information content (AvgIpc) is 3.06. The van der Waals surface area contributed by atoms with Crippen LogP contribution in [-0.4, -0.2) is 29.3 Å². The Bertz CT molecular complexity index is 512. The summed E-state index contributed by atoms with van der Waals surface area (Å²) in [6.45, 7) is 0.167.